The number of hydrogen-bond donors (Lipinski definition) is 1. The van der Waals surface area contributed by atoms with Gasteiger partial charge in [-0.1, -0.05) is 28.1 Å². The first-order valence-corrected chi connectivity index (χ1v) is 7.90. The highest BCUT2D eigenvalue weighted by Crippen LogP contribution is 2.25. The van der Waals surface area contributed by atoms with Gasteiger partial charge in [0.05, 0.1) is 35.6 Å². The molecule has 6 heteroatoms. The first-order valence-electron chi connectivity index (χ1n) is 6.32. The molecule has 2 aromatic rings. The third-order valence-electron chi connectivity index (χ3n) is 3.04. The van der Waals surface area contributed by atoms with Gasteiger partial charge in [-0.05, 0) is 40.0 Å². The summed E-state index contributed by atoms with van der Waals surface area (Å²) in [7, 11) is 1.68. The summed E-state index contributed by atoms with van der Waals surface area (Å²) < 4.78 is 9.00. The molecule has 108 valence electrons. The molecule has 2 N–H and O–H groups in total. The van der Waals surface area contributed by atoms with Crippen LogP contribution in [0.2, 0.25) is 0 Å². The van der Waals surface area contributed by atoms with Gasteiger partial charge in [0.15, 0.2) is 0 Å². The van der Waals surface area contributed by atoms with E-state index in [-0.39, 0.29) is 6.04 Å². The van der Waals surface area contributed by atoms with Gasteiger partial charge < -0.3 is 10.5 Å². The molecule has 1 atom stereocenters. The highest BCUT2D eigenvalue weighted by Gasteiger charge is 2.17. The van der Waals surface area contributed by atoms with Gasteiger partial charge in [0.2, 0.25) is 0 Å². The summed E-state index contributed by atoms with van der Waals surface area (Å²) in [6.07, 6.45) is 2.54. The fourth-order valence-corrected chi connectivity index (χ4v) is 3.15. The second-order valence-electron chi connectivity index (χ2n) is 4.53. The second kappa shape index (κ2) is 7.36. The lowest BCUT2D eigenvalue weighted by atomic mass is 10.0. The lowest BCUT2D eigenvalue weighted by Gasteiger charge is -2.15. The molecule has 20 heavy (non-hydrogen) atoms. The van der Waals surface area contributed by atoms with Gasteiger partial charge in [0.1, 0.15) is 0 Å². The van der Waals surface area contributed by atoms with Gasteiger partial charge in [-0.15, -0.1) is 0 Å². The lowest BCUT2D eigenvalue weighted by Crippen LogP contribution is -2.20. The van der Waals surface area contributed by atoms with Crippen molar-refractivity contribution in [2.45, 2.75) is 19.0 Å². The molecule has 0 saturated carbocycles. The minimum Gasteiger partial charge on any atom is -0.383 e. The van der Waals surface area contributed by atoms with Crippen LogP contribution in [-0.4, -0.2) is 23.5 Å². The van der Waals surface area contributed by atoms with Crippen molar-refractivity contribution in [3.05, 3.63) is 50.7 Å². The molecule has 0 aliphatic rings. The molecule has 4 nitrogen and oxygen atoms in total. The van der Waals surface area contributed by atoms with E-state index in [1.807, 2.05) is 16.8 Å². The van der Waals surface area contributed by atoms with Crippen LogP contribution in [-0.2, 0) is 17.7 Å². The molecule has 0 amide bonds. The van der Waals surface area contributed by atoms with Crippen LogP contribution in [0.1, 0.15) is 17.3 Å². The number of ether oxygens (including phenoxy) is 1. The number of halogens is 2. The van der Waals surface area contributed by atoms with Crippen molar-refractivity contribution < 1.29 is 4.74 Å². The number of nitrogens with two attached hydrogens (primary N) is 1. The van der Waals surface area contributed by atoms with Crippen LogP contribution in [0.3, 0.4) is 0 Å². The Kier molecular flexibility index (Phi) is 5.77. The van der Waals surface area contributed by atoms with Crippen molar-refractivity contribution in [2.75, 3.05) is 13.7 Å². The van der Waals surface area contributed by atoms with Gasteiger partial charge in [0, 0.05) is 11.6 Å². The number of benzene rings is 1. The maximum absolute atomic E-state index is 6.35. The quantitative estimate of drug-likeness (QED) is 0.806. The maximum Gasteiger partial charge on any atom is 0.0697 e. The molecule has 1 aromatic heterocycles. The van der Waals surface area contributed by atoms with Gasteiger partial charge in [-0.2, -0.15) is 5.10 Å². The fourth-order valence-electron chi connectivity index (χ4n) is 2.11. The maximum atomic E-state index is 6.35. The number of hydrogen-bond acceptors (Lipinski definition) is 3. The largest absolute Gasteiger partial charge is 0.383 e. The summed E-state index contributed by atoms with van der Waals surface area (Å²) in [5.41, 5.74) is 8.54. The summed E-state index contributed by atoms with van der Waals surface area (Å²) in [4.78, 5) is 0. The van der Waals surface area contributed by atoms with E-state index in [9.17, 15) is 0 Å². The fraction of sp³-hybridized carbons (Fsp3) is 0.357. The Morgan fingerprint density at radius 1 is 1.40 bits per heavy atom. The minimum atomic E-state index is -0.113. The summed E-state index contributed by atoms with van der Waals surface area (Å²) in [6, 6.07) is 8.08. The van der Waals surface area contributed by atoms with Crippen molar-refractivity contribution in [2.24, 2.45) is 5.73 Å². The van der Waals surface area contributed by atoms with Crippen LogP contribution in [0.5, 0.6) is 0 Å². The van der Waals surface area contributed by atoms with Crippen LogP contribution in [0.4, 0.5) is 0 Å². The lowest BCUT2D eigenvalue weighted by molar-refractivity contribution is 0.182. The average Bonchev–Trinajstić information content (AvgIpc) is 2.77. The monoisotopic (exact) mass is 401 g/mol. The summed E-state index contributed by atoms with van der Waals surface area (Å²) in [6.45, 7) is 1.31. The van der Waals surface area contributed by atoms with Crippen molar-refractivity contribution >= 4 is 31.9 Å². The predicted octanol–water partition coefficient (Wildman–Crippen LogP) is 3.30. The van der Waals surface area contributed by atoms with Crippen molar-refractivity contribution in [1.82, 2.24) is 9.78 Å². The molecule has 1 heterocycles. The Bertz CT molecular complexity index is 571. The molecule has 2 rings (SSSR count). The zero-order valence-electron chi connectivity index (χ0n) is 11.2. The summed E-state index contributed by atoms with van der Waals surface area (Å²) in [5, 5.41) is 4.33. The van der Waals surface area contributed by atoms with Gasteiger partial charge in [0.25, 0.3) is 0 Å². The highest BCUT2D eigenvalue weighted by molar-refractivity contribution is 9.10. The third kappa shape index (κ3) is 3.91. The smallest absolute Gasteiger partial charge is 0.0697 e. The van der Waals surface area contributed by atoms with Crippen molar-refractivity contribution in [1.29, 1.82) is 0 Å². The molecule has 0 aliphatic heterocycles. The molecular weight excluding hydrogens is 386 g/mol. The molecule has 1 unspecified atom stereocenters. The molecule has 0 aliphatic carbocycles. The molecule has 0 fully saturated rings. The van der Waals surface area contributed by atoms with E-state index in [2.05, 4.69) is 49.1 Å². The number of methoxy groups -OCH3 is 1. The molecule has 0 radical (unpaired) electrons. The third-order valence-corrected chi connectivity index (χ3v) is 4.14. The van der Waals surface area contributed by atoms with Crippen LogP contribution in [0.15, 0.2) is 39.4 Å². The van der Waals surface area contributed by atoms with Crippen LogP contribution in [0, 0.1) is 0 Å². The first kappa shape index (κ1) is 15.7. The van der Waals surface area contributed by atoms with Gasteiger partial charge in [-0.3, -0.25) is 4.68 Å². The van der Waals surface area contributed by atoms with Gasteiger partial charge >= 0.3 is 0 Å². The standard InChI is InChI=1S/C14H17Br2N3O/c1-20-6-5-19-14(12(16)9-18-19)13(17)8-10-3-2-4-11(15)7-10/h2-4,7,9,13H,5-6,8,17H2,1H3. The predicted molar refractivity (Wildman–Crippen MR) is 86.6 cm³/mol. The normalized spacial score (nSPS) is 12.6. The molecule has 0 spiro atoms. The number of aromatic nitrogens is 2. The SMILES string of the molecule is COCCn1ncc(Br)c1C(N)Cc1cccc(Br)c1. The van der Waals surface area contributed by atoms with Crippen LogP contribution in [0.25, 0.3) is 0 Å². The average molecular weight is 403 g/mol. The van der Waals surface area contributed by atoms with Crippen molar-refractivity contribution in [3.63, 3.8) is 0 Å². The zero-order valence-corrected chi connectivity index (χ0v) is 14.4. The minimum absolute atomic E-state index is 0.113. The molecule has 0 saturated heterocycles. The Hall–Kier alpha value is -0.690. The molecular formula is C14H17Br2N3O. The number of nitrogens with zero attached hydrogens (tertiary/aromatic N) is 2. The molecule has 0 bridgehead atoms. The van der Waals surface area contributed by atoms with Crippen molar-refractivity contribution in [3.8, 4) is 0 Å². The number of rotatable bonds is 6. The topological polar surface area (TPSA) is 53.1 Å². The Labute approximate surface area is 135 Å². The van der Waals surface area contributed by atoms with E-state index < -0.39 is 0 Å². The Morgan fingerprint density at radius 2 is 2.20 bits per heavy atom. The highest BCUT2D eigenvalue weighted by atomic mass is 79.9. The van der Waals surface area contributed by atoms with Crippen LogP contribution >= 0.6 is 31.9 Å². The zero-order chi connectivity index (χ0) is 14.5. The van der Waals surface area contributed by atoms with E-state index in [1.54, 1.807) is 13.3 Å². The van der Waals surface area contributed by atoms with E-state index in [0.717, 1.165) is 21.1 Å². The van der Waals surface area contributed by atoms with Gasteiger partial charge in [-0.25, -0.2) is 0 Å². The Morgan fingerprint density at radius 3 is 2.90 bits per heavy atom. The second-order valence-corrected chi connectivity index (χ2v) is 6.30. The van der Waals surface area contributed by atoms with E-state index >= 15 is 0 Å². The summed E-state index contributed by atoms with van der Waals surface area (Å²) >= 11 is 7.00. The summed E-state index contributed by atoms with van der Waals surface area (Å²) in [5.74, 6) is 0. The van der Waals surface area contributed by atoms with E-state index in [0.29, 0.717) is 13.2 Å². The van der Waals surface area contributed by atoms with E-state index in [4.69, 9.17) is 10.5 Å². The van der Waals surface area contributed by atoms with Crippen LogP contribution < -0.4 is 5.73 Å². The van der Waals surface area contributed by atoms with E-state index in [1.165, 1.54) is 5.56 Å². The molecule has 1 aromatic carbocycles. The Balaban J connectivity index is 2.16. The first-order chi connectivity index (χ1) is 9.61.